The Balaban J connectivity index is 1.74. The first-order valence-corrected chi connectivity index (χ1v) is 10.2. The average molecular weight is 436 g/mol. The zero-order chi connectivity index (χ0) is 20.8. The first kappa shape index (κ1) is 21.3. The number of benzene rings is 2. The van der Waals surface area contributed by atoms with E-state index in [0.29, 0.717) is 34.2 Å². The summed E-state index contributed by atoms with van der Waals surface area (Å²) >= 11 is 7.18. The van der Waals surface area contributed by atoms with Gasteiger partial charge in [0.1, 0.15) is 5.82 Å². The normalized spacial score (nSPS) is 11.0. The number of thioether (sulfide) groups is 1. The van der Waals surface area contributed by atoms with Crippen LogP contribution in [0.2, 0.25) is 5.02 Å². The Kier molecular flexibility index (Phi) is 7.24. The highest BCUT2D eigenvalue weighted by atomic mass is 35.5. The maximum absolute atomic E-state index is 12.9. The molecule has 29 heavy (non-hydrogen) atoms. The minimum Gasteiger partial charge on any atom is -0.383 e. The SMILES string of the molecule is COCCn1c(SCC(=O)NCc2ccc(F)cc2)nc2cc(Cl)ccc2c1=O. The summed E-state index contributed by atoms with van der Waals surface area (Å²) in [5.41, 5.74) is 1.06. The van der Waals surface area contributed by atoms with Crippen molar-refractivity contribution in [2.45, 2.75) is 18.2 Å². The molecular weight excluding hydrogens is 417 g/mol. The Labute approximate surface area is 176 Å². The summed E-state index contributed by atoms with van der Waals surface area (Å²) in [4.78, 5) is 29.6. The van der Waals surface area contributed by atoms with Gasteiger partial charge in [0.2, 0.25) is 5.91 Å². The van der Waals surface area contributed by atoms with Crippen LogP contribution in [0.1, 0.15) is 5.56 Å². The molecule has 0 bridgehead atoms. The molecule has 6 nitrogen and oxygen atoms in total. The minimum atomic E-state index is -0.327. The third-order valence-electron chi connectivity index (χ3n) is 4.14. The molecule has 0 saturated heterocycles. The number of ether oxygens (including phenoxy) is 1. The monoisotopic (exact) mass is 435 g/mol. The van der Waals surface area contributed by atoms with E-state index in [1.54, 1.807) is 37.4 Å². The third-order valence-corrected chi connectivity index (χ3v) is 5.35. The van der Waals surface area contributed by atoms with Gasteiger partial charge in [-0.2, -0.15) is 0 Å². The molecule has 3 rings (SSSR count). The number of carbonyl (C=O) groups excluding carboxylic acids is 1. The Morgan fingerprint density at radius 1 is 1.28 bits per heavy atom. The fraction of sp³-hybridized carbons (Fsp3) is 0.250. The lowest BCUT2D eigenvalue weighted by molar-refractivity contribution is -0.118. The number of methoxy groups -OCH3 is 1. The molecular formula is C20H19ClFN3O3S. The maximum atomic E-state index is 12.9. The third kappa shape index (κ3) is 5.56. The summed E-state index contributed by atoms with van der Waals surface area (Å²) in [5, 5.41) is 4.12. The van der Waals surface area contributed by atoms with Gasteiger partial charge in [0.25, 0.3) is 5.56 Å². The molecule has 0 radical (unpaired) electrons. The van der Waals surface area contributed by atoms with Crippen LogP contribution in [0, 0.1) is 5.82 Å². The second-order valence-corrected chi connectivity index (χ2v) is 7.58. The summed E-state index contributed by atoms with van der Waals surface area (Å²) in [6.07, 6.45) is 0. The van der Waals surface area contributed by atoms with Crippen LogP contribution in [0.4, 0.5) is 4.39 Å². The molecule has 152 valence electrons. The summed E-state index contributed by atoms with van der Waals surface area (Å²) in [6.45, 7) is 0.947. The number of rotatable bonds is 8. The van der Waals surface area contributed by atoms with Crippen molar-refractivity contribution in [1.82, 2.24) is 14.9 Å². The molecule has 1 amide bonds. The topological polar surface area (TPSA) is 73.2 Å². The number of hydrogen-bond donors (Lipinski definition) is 1. The number of hydrogen-bond acceptors (Lipinski definition) is 5. The average Bonchev–Trinajstić information content (AvgIpc) is 2.71. The zero-order valence-corrected chi connectivity index (χ0v) is 17.2. The van der Waals surface area contributed by atoms with Gasteiger partial charge in [-0.1, -0.05) is 35.5 Å². The number of carbonyl (C=O) groups is 1. The fourth-order valence-corrected chi connectivity index (χ4v) is 3.67. The van der Waals surface area contributed by atoms with Crippen LogP contribution in [0.25, 0.3) is 10.9 Å². The molecule has 9 heteroatoms. The lowest BCUT2D eigenvalue weighted by Gasteiger charge is -2.13. The first-order chi connectivity index (χ1) is 14.0. The maximum Gasteiger partial charge on any atom is 0.262 e. The largest absolute Gasteiger partial charge is 0.383 e. The second-order valence-electron chi connectivity index (χ2n) is 6.20. The molecule has 0 fully saturated rings. The smallest absolute Gasteiger partial charge is 0.262 e. The van der Waals surface area contributed by atoms with Crippen molar-refractivity contribution < 1.29 is 13.9 Å². The van der Waals surface area contributed by atoms with Gasteiger partial charge in [-0.15, -0.1) is 0 Å². The summed E-state index contributed by atoms with van der Waals surface area (Å²) in [5.74, 6) is -0.475. The van der Waals surface area contributed by atoms with Crippen LogP contribution >= 0.6 is 23.4 Å². The number of nitrogens with zero attached hydrogens (tertiary/aromatic N) is 2. The molecule has 1 aromatic heterocycles. The summed E-state index contributed by atoms with van der Waals surface area (Å²) in [7, 11) is 1.55. The molecule has 1 N–H and O–H groups in total. The van der Waals surface area contributed by atoms with Crippen molar-refractivity contribution in [3.05, 3.63) is 69.2 Å². The van der Waals surface area contributed by atoms with Crippen LogP contribution in [0.15, 0.2) is 52.4 Å². The fourth-order valence-electron chi connectivity index (χ4n) is 2.65. The van der Waals surface area contributed by atoms with E-state index in [1.807, 2.05) is 0 Å². The number of nitrogens with one attached hydrogen (secondary N) is 1. The van der Waals surface area contributed by atoms with E-state index in [2.05, 4.69) is 10.3 Å². The van der Waals surface area contributed by atoms with Crippen molar-refractivity contribution in [1.29, 1.82) is 0 Å². The van der Waals surface area contributed by atoms with E-state index >= 15 is 0 Å². The second kappa shape index (κ2) is 9.87. The van der Waals surface area contributed by atoms with Crippen LogP contribution in [0.3, 0.4) is 0 Å². The van der Waals surface area contributed by atoms with Gasteiger partial charge in [-0.25, -0.2) is 9.37 Å². The number of aromatic nitrogens is 2. The Hall–Kier alpha value is -2.42. The van der Waals surface area contributed by atoms with Crippen molar-refractivity contribution in [2.75, 3.05) is 19.5 Å². The molecule has 3 aromatic rings. The van der Waals surface area contributed by atoms with E-state index in [9.17, 15) is 14.0 Å². The van der Waals surface area contributed by atoms with E-state index < -0.39 is 0 Å². The van der Waals surface area contributed by atoms with Crippen molar-refractivity contribution in [3.63, 3.8) is 0 Å². The van der Waals surface area contributed by atoms with Gasteiger partial charge in [0.15, 0.2) is 5.16 Å². The predicted molar refractivity (Wildman–Crippen MR) is 112 cm³/mol. The van der Waals surface area contributed by atoms with Crippen LogP contribution < -0.4 is 10.9 Å². The van der Waals surface area contributed by atoms with E-state index in [1.165, 1.54) is 16.7 Å². The molecule has 0 aliphatic carbocycles. The Morgan fingerprint density at radius 2 is 2.03 bits per heavy atom. The summed E-state index contributed by atoms with van der Waals surface area (Å²) in [6, 6.07) is 10.8. The van der Waals surface area contributed by atoms with Gasteiger partial charge < -0.3 is 10.1 Å². The van der Waals surface area contributed by atoms with Crippen molar-refractivity contribution >= 4 is 40.2 Å². The molecule has 2 aromatic carbocycles. The zero-order valence-electron chi connectivity index (χ0n) is 15.7. The Morgan fingerprint density at radius 3 is 2.76 bits per heavy atom. The minimum absolute atomic E-state index is 0.0761. The van der Waals surface area contributed by atoms with Crippen LogP contribution in [-0.2, 0) is 22.6 Å². The highest BCUT2D eigenvalue weighted by Gasteiger charge is 2.13. The highest BCUT2D eigenvalue weighted by molar-refractivity contribution is 7.99. The molecule has 1 heterocycles. The predicted octanol–water partition coefficient (Wildman–Crippen LogP) is 3.24. The molecule has 0 aliphatic rings. The highest BCUT2D eigenvalue weighted by Crippen LogP contribution is 2.20. The standard InChI is InChI=1S/C20H19ClFN3O3S/c1-28-9-8-25-19(27)16-7-4-14(21)10-17(16)24-20(25)29-12-18(26)23-11-13-2-5-15(22)6-3-13/h2-7,10H,8-9,11-12H2,1H3,(H,23,26). The Bertz CT molecular complexity index is 1070. The lowest BCUT2D eigenvalue weighted by atomic mass is 10.2. The van der Waals surface area contributed by atoms with Crippen LogP contribution in [-0.4, -0.2) is 34.9 Å². The number of fused-ring (bicyclic) bond motifs is 1. The molecule has 0 unspecified atom stereocenters. The van der Waals surface area contributed by atoms with Crippen molar-refractivity contribution in [2.24, 2.45) is 0 Å². The van der Waals surface area contributed by atoms with Gasteiger partial charge in [0.05, 0.1) is 29.8 Å². The van der Waals surface area contributed by atoms with Crippen LogP contribution in [0.5, 0.6) is 0 Å². The molecule has 0 saturated carbocycles. The number of amides is 1. The van der Waals surface area contributed by atoms with Gasteiger partial charge in [-0.3, -0.25) is 14.2 Å². The molecule has 0 aliphatic heterocycles. The van der Waals surface area contributed by atoms with Gasteiger partial charge >= 0.3 is 0 Å². The van der Waals surface area contributed by atoms with Gasteiger partial charge in [0, 0.05) is 18.7 Å². The molecule has 0 spiro atoms. The quantitative estimate of drug-likeness (QED) is 0.434. The summed E-state index contributed by atoms with van der Waals surface area (Å²) < 4.78 is 19.5. The van der Waals surface area contributed by atoms with E-state index in [4.69, 9.17) is 16.3 Å². The van der Waals surface area contributed by atoms with Crippen molar-refractivity contribution in [3.8, 4) is 0 Å². The van der Waals surface area contributed by atoms with E-state index in [0.717, 1.165) is 17.3 Å². The first-order valence-electron chi connectivity index (χ1n) is 8.81. The molecule has 0 atom stereocenters. The van der Waals surface area contributed by atoms with Gasteiger partial charge in [-0.05, 0) is 35.9 Å². The lowest BCUT2D eigenvalue weighted by Crippen LogP contribution is -2.27. The van der Waals surface area contributed by atoms with E-state index in [-0.39, 0.29) is 29.6 Å². The number of halogens is 2.